The van der Waals surface area contributed by atoms with Crippen LogP contribution >= 0.6 is 23.2 Å². The summed E-state index contributed by atoms with van der Waals surface area (Å²) in [7, 11) is 0. The smallest absolute Gasteiger partial charge is 0.239 e. The molecule has 26 heavy (non-hydrogen) atoms. The maximum Gasteiger partial charge on any atom is 0.239 e. The van der Waals surface area contributed by atoms with Crippen molar-refractivity contribution in [2.24, 2.45) is 0 Å². The molecule has 0 spiro atoms. The van der Waals surface area contributed by atoms with Crippen molar-refractivity contribution in [3.05, 3.63) is 69.2 Å². The number of aryl methyl sites for hydroxylation is 1. The maximum atomic E-state index is 12.2. The lowest BCUT2D eigenvalue weighted by Gasteiger charge is -2.21. The summed E-state index contributed by atoms with van der Waals surface area (Å²) >= 11 is 12.0. The minimum atomic E-state index is -0.196. The highest BCUT2D eigenvalue weighted by Crippen LogP contribution is 2.21. The standard InChI is InChI=1S/C20H22Cl2N2O2/c1-14-4-3-5-16(10-14)12-24(15(2)25)13-20(26)23-9-8-17-6-7-18(21)11-19(17)22/h3-7,10-11H,8-9,12-13H2,1-2H3,(H,23,26). The summed E-state index contributed by atoms with van der Waals surface area (Å²) < 4.78 is 0. The highest BCUT2D eigenvalue weighted by atomic mass is 35.5. The van der Waals surface area contributed by atoms with E-state index in [1.165, 1.54) is 11.8 Å². The third-order valence-electron chi connectivity index (χ3n) is 3.97. The van der Waals surface area contributed by atoms with Crippen LogP contribution in [0.1, 0.15) is 23.6 Å². The molecule has 2 aromatic carbocycles. The van der Waals surface area contributed by atoms with E-state index < -0.39 is 0 Å². The molecule has 138 valence electrons. The van der Waals surface area contributed by atoms with E-state index in [0.29, 0.717) is 29.6 Å². The number of benzene rings is 2. The van der Waals surface area contributed by atoms with Gasteiger partial charge in [-0.1, -0.05) is 59.1 Å². The topological polar surface area (TPSA) is 49.4 Å². The number of nitrogens with one attached hydrogen (secondary N) is 1. The molecule has 0 saturated carbocycles. The Balaban J connectivity index is 1.86. The molecule has 0 atom stereocenters. The summed E-state index contributed by atoms with van der Waals surface area (Å²) in [4.78, 5) is 25.6. The molecule has 2 amide bonds. The monoisotopic (exact) mass is 392 g/mol. The van der Waals surface area contributed by atoms with Gasteiger partial charge in [-0.15, -0.1) is 0 Å². The first-order chi connectivity index (χ1) is 12.3. The van der Waals surface area contributed by atoms with Crippen molar-refractivity contribution in [2.75, 3.05) is 13.1 Å². The molecular formula is C20H22Cl2N2O2. The zero-order valence-electron chi connectivity index (χ0n) is 14.9. The third-order valence-corrected chi connectivity index (χ3v) is 4.55. The minimum absolute atomic E-state index is 0.0254. The van der Waals surface area contributed by atoms with Gasteiger partial charge in [0.15, 0.2) is 0 Å². The van der Waals surface area contributed by atoms with Gasteiger partial charge in [0.1, 0.15) is 0 Å². The molecular weight excluding hydrogens is 371 g/mol. The van der Waals surface area contributed by atoms with E-state index in [1.54, 1.807) is 12.1 Å². The average molecular weight is 393 g/mol. The number of rotatable bonds is 7. The first-order valence-corrected chi connectivity index (χ1v) is 9.12. The number of hydrogen-bond acceptors (Lipinski definition) is 2. The first-order valence-electron chi connectivity index (χ1n) is 8.37. The van der Waals surface area contributed by atoms with Gasteiger partial charge in [-0.05, 0) is 36.6 Å². The van der Waals surface area contributed by atoms with E-state index in [9.17, 15) is 9.59 Å². The Morgan fingerprint density at radius 2 is 1.88 bits per heavy atom. The van der Waals surface area contributed by atoms with E-state index in [1.807, 2.05) is 37.3 Å². The second kappa shape index (κ2) is 9.60. The Hall–Kier alpha value is -2.04. The third kappa shape index (κ3) is 6.36. The highest BCUT2D eigenvalue weighted by molar-refractivity contribution is 6.35. The molecule has 0 aliphatic rings. The maximum absolute atomic E-state index is 12.2. The van der Waals surface area contributed by atoms with Gasteiger partial charge in [0.2, 0.25) is 11.8 Å². The van der Waals surface area contributed by atoms with Gasteiger partial charge >= 0.3 is 0 Å². The first kappa shape index (κ1) is 20.3. The largest absolute Gasteiger partial charge is 0.354 e. The Morgan fingerprint density at radius 3 is 2.54 bits per heavy atom. The van der Waals surface area contributed by atoms with Gasteiger partial charge < -0.3 is 10.2 Å². The fraction of sp³-hybridized carbons (Fsp3) is 0.300. The van der Waals surface area contributed by atoms with E-state index in [-0.39, 0.29) is 18.4 Å². The van der Waals surface area contributed by atoms with E-state index in [0.717, 1.165) is 16.7 Å². The number of carbonyl (C=O) groups excluding carboxylic acids is 2. The normalized spacial score (nSPS) is 10.5. The van der Waals surface area contributed by atoms with Crippen LogP contribution in [0, 0.1) is 6.92 Å². The number of carbonyl (C=O) groups is 2. The van der Waals surface area contributed by atoms with Crippen LogP contribution in [0.5, 0.6) is 0 Å². The van der Waals surface area contributed by atoms with Gasteiger partial charge in [0.05, 0.1) is 6.54 Å². The average Bonchev–Trinajstić information content (AvgIpc) is 2.56. The van der Waals surface area contributed by atoms with Gasteiger partial charge in [0, 0.05) is 30.1 Å². The second-order valence-electron chi connectivity index (χ2n) is 6.20. The second-order valence-corrected chi connectivity index (χ2v) is 7.04. The molecule has 0 heterocycles. The highest BCUT2D eigenvalue weighted by Gasteiger charge is 2.14. The molecule has 2 rings (SSSR count). The number of amides is 2. The van der Waals surface area contributed by atoms with Crippen LogP contribution in [0.15, 0.2) is 42.5 Å². The van der Waals surface area contributed by atoms with Crippen LogP contribution in [-0.4, -0.2) is 29.8 Å². The fourth-order valence-electron chi connectivity index (χ4n) is 2.60. The molecule has 6 heteroatoms. The molecule has 0 aromatic heterocycles. The molecule has 0 aliphatic heterocycles. The summed E-state index contributed by atoms with van der Waals surface area (Å²) in [5.41, 5.74) is 3.04. The SMILES string of the molecule is CC(=O)N(CC(=O)NCCc1ccc(Cl)cc1Cl)Cc1cccc(C)c1. The molecule has 0 saturated heterocycles. The summed E-state index contributed by atoms with van der Waals surface area (Å²) in [5, 5.41) is 3.99. The van der Waals surface area contributed by atoms with Crippen molar-refractivity contribution in [3.8, 4) is 0 Å². The summed E-state index contributed by atoms with van der Waals surface area (Å²) in [6.07, 6.45) is 0.597. The van der Waals surface area contributed by atoms with Gasteiger partial charge in [0.25, 0.3) is 0 Å². The van der Waals surface area contributed by atoms with Crippen molar-refractivity contribution < 1.29 is 9.59 Å². The molecule has 4 nitrogen and oxygen atoms in total. The van der Waals surface area contributed by atoms with Crippen LogP contribution in [-0.2, 0) is 22.6 Å². The summed E-state index contributed by atoms with van der Waals surface area (Å²) in [6.45, 7) is 4.34. The summed E-state index contributed by atoms with van der Waals surface area (Å²) in [6, 6.07) is 13.2. The minimum Gasteiger partial charge on any atom is -0.354 e. The predicted octanol–water partition coefficient (Wildman–Crippen LogP) is 4.01. The molecule has 0 radical (unpaired) electrons. The van der Waals surface area contributed by atoms with E-state index in [4.69, 9.17) is 23.2 Å². The van der Waals surface area contributed by atoms with Crippen molar-refractivity contribution in [1.29, 1.82) is 0 Å². The number of nitrogens with zero attached hydrogens (tertiary/aromatic N) is 1. The predicted molar refractivity (Wildman–Crippen MR) is 105 cm³/mol. The molecule has 0 unspecified atom stereocenters. The van der Waals surface area contributed by atoms with E-state index >= 15 is 0 Å². The van der Waals surface area contributed by atoms with Crippen LogP contribution < -0.4 is 5.32 Å². The zero-order chi connectivity index (χ0) is 19.1. The molecule has 2 aromatic rings. The van der Waals surface area contributed by atoms with Crippen LogP contribution in [0.25, 0.3) is 0 Å². The van der Waals surface area contributed by atoms with Crippen LogP contribution in [0.2, 0.25) is 10.0 Å². The number of hydrogen-bond donors (Lipinski definition) is 1. The summed E-state index contributed by atoms with van der Waals surface area (Å²) in [5.74, 6) is -0.333. The van der Waals surface area contributed by atoms with Gasteiger partial charge in [-0.25, -0.2) is 0 Å². The Labute approximate surface area is 164 Å². The lowest BCUT2D eigenvalue weighted by molar-refractivity contribution is -0.134. The Kier molecular flexibility index (Phi) is 7.49. The van der Waals surface area contributed by atoms with Gasteiger partial charge in [-0.3, -0.25) is 9.59 Å². The quantitative estimate of drug-likeness (QED) is 0.773. The lowest BCUT2D eigenvalue weighted by Crippen LogP contribution is -2.39. The van der Waals surface area contributed by atoms with Crippen molar-refractivity contribution in [2.45, 2.75) is 26.8 Å². The van der Waals surface area contributed by atoms with Crippen LogP contribution in [0.4, 0.5) is 0 Å². The molecule has 0 fully saturated rings. The van der Waals surface area contributed by atoms with Crippen molar-refractivity contribution >= 4 is 35.0 Å². The van der Waals surface area contributed by atoms with Crippen LogP contribution in [0.3, 0.4) is 0 Å². The molecule has 0 aliphatic carbocycles. The zero-order valence-corrected chi connectivity index (χ0v) is 16.4. The van der Waals surface area contributed by atoms with Crippen molar-refractivity contribution in [3.63, 3.8) is 0 Å². The Morgan fingerprint density at radius 1 is 1.12 bits per heavy atom. The fourth-order valence-corrected chi connectivity index (χ4v) is 3.10. The lowest BCUT2D eigenvalue weighted by atomic mass is 10.1. The molecule has 1 N–H and O–H groups in total. The van der Waals surface area contributed by atoms with E-state index in [2.05, 4.69) is 5.32 Å². The Bertz CT molecular complexity index is 793. The van der Waals surface area contributed by atoms with Gasteiger partial charge in [-0.2, -0.15) is 0 Å². The molecule has 0 bridgehead atoms. The number of halogens is 2. The van der Waals surface area contributed by atoms with Crippen molar-refractivity contribution in [1.82, 2.24) is 10.2 Å².